The van der Waals surface area contributed by atoms with Crippen LogP contribution in [0.4, 0.5) is 0 Å². The average Bonchev–Trinajstić information content (AvgIpc) is 3.01. The summed E-state index contributed by atoms with van der Waals surface area (Å²) in [4.78, 5) is 4.79. The van der Waals surface area contributed by atoms with Crippen LogP contribution in [0.1, 0.15) is 46.5 Å². The molecule has 0 spiro atoms. The summed E-state index contributed by atoms with van der Waals surface area (Å²) in [6.45, 7) is 7.90. The lowest BCUT2D eigenvalue weighted by Gasteiger charge is -2.28. The molecule has 2 atom stereocenters. The number of aliphatic imine (C=N–C) groups is 1. The van der Waals surface area contributed by atoms with Crippen molar-refractivity contribution in [3.05, 3.63) is 0 Å². The highest BCUT2D eigenvalue weighted by atomic mass is 32.2. The first-order valence-corrected chi connectivity index (χ1v) is 7.57. The highest BCUT2D eigenvalue weighted by Crippen LogP contribution is 2.49. The number of hydrogen-bond donors (Lipinski definition) is 1. The molecule has 1 aliphatic heterocycles. The van der Waals surface area contributed by atoms with Crippen LogP contribution in [-0.2, 0) is 0 Å². The molecule has 1 heterocycles. The Morgan fingerprint density at radius 2 is 2.19 bits per heavy atom. The fraction of sp³-hybridized carbons (Fsp3) is 0.923. The van der Waals surface area contributed by atoms with Crippen LogP contribution in [0.3, 0.4) is 0 Å². The number of hydrogen-bond acceptors (Lipinski definition) is 2. The van der Waals surface area contributed by atoms with E-state index in [1.165, 1.54) is 36.6 Å². The molecule has 0 aromatic carbocycles. The summed E-state index contributed by atoms with van der Waals surface area (Å²) in [6.07, 6.45) is 5.46. The maximum Gasteiger partial charge on any atom is 0.156 e. The van der Waals surface area contributed by atoms with Gasteiger partial charge in [0.05, 0.1) is 0 Å². The van der Waals surface area contributed by atoms with Gasteiger partial charge in [-0.2, -0.15) is 0 Å². The standard InChI is InChI=1S/C13H24N2S/c1-4-5-13(6-7-13)9-14-12-15-11(3)10(2)8-16-12/h10-11H,4-9H2,1-3H3,(H,14,15). The van der Waals surface area contributed by atoms with Gasteiger partial charge in [-0.1, -0.05) is 32.0 Å². The number of amidine groups is 1. The van der Waals surface area contributed by atoms with Crippen molar-refractivity contribution in [1.29, 1.82) is 0 Å². The molecule has 0 bridgehead atoms. The molecule has 0 aromatic heterocycles. The molecule has 1 aliphatic carbocycles. The van der Waals surface area contributed by atoms with Crippen LogP contribution in [0.15, 0.2) is 4.99 Å². The summed E-state index contributed by atoms with van der Waals surface area (Å²) < 4.78 is 0. The van der Waals surface area contributed by atoms with Crippen molar-refractivity contribution in [2.75, 3.05) is 12.3 Å². The molecule has 1 saturated carbocycles. The second kappa shape index (κ2) is 4.99. The third kappa shape index (κ3) is 2.93. The van der Waals surface area contributed by atoms with E-state index in [2.05, 4.69) is 26.1 Å². The van der Waals surface area contributed by atoms with E-state index >= 15 is 0 Å². The zero-order valence-electron chi connectivity index (χ0n) is 10.8. The van der Waals surface area contributed by atoms with Crippen molar-refractivity contribution < 1.29 is 0 Å². The van der Waals surface area contributed by atoms with Gasteiger partial charge in [0.25, 0.3) is 0 Å². The van der Waals surface area contributed by atoms with Gasteiger partial charge in [0.1, 0.15) is 0 Å². The Morgan fingerprint density at radius 3 is 2.75 bits per heavy atom. The average molecular weight is 240 g/mol. The van der Waals surface area contributed by atoms with Crippen molar-refractivity contribution in [3.63, 3.8) is 0 Å². The van der Waals surface area contributed by atoms with Crippen LogP contribution in [0, 0.1) is 11.3 Å². The molecule has 0 radical (unpaired) electrons. The summed E-state index contributed by atoms with van der Waals surface area (Å²) >= 11 is 1.90. The fourth-order valence-electron chi connectivity index (χ4n) is 2.26. The minimum absolute atomic E-state index is 0.585. The maximum absolute atomic E-state index is 4.79. The van der Waals surface area contributed by atoms with Gasteiger partial charge in [-0.05, 0) is 37.5 Å². The van der Waals surface area contributed by atoms with E-state index in [0.717, 1.165) is 12.5 Å². The van der Waals surface area contributed by atoms with Crippen LogP contribution in [0.5, 0.6) is 0 Å². The lowest BCUT2D eigenvalue weighted by atomic mass is 10.0. The van der Waals surface area contributed by atoms with Crippen molar-refractivity contribution in [2.45, 2.75) is 52.5 Å². The van der Waals surface area contributed by atoms with Gasteiger partial charge < -0.3 is 5.32 Å². The topological polar surface area (TPSA) is 24.4 Å². The van der Waals surface area contributed by atoms with Crippen molar-refractivity contribution in [2.24, 2.45) is 16.3 Å². The molecule has 16 heavy (non-hydrogen) atoms. The van der Waals surface area contributed by atoms with E-state index in [4.69, 9.17) is 4.99 Å². The van der Waals surface area contributed by atoms with Crippen LogP contribution in [0.25, 0.3) is 0 Å². The summed E-state index contributed by atoms with van der Waals surface area (Å²) in [5, 5.41) is 4.71. The lowest BCUT2D eigenvalue weighted by molar-refractivity contribution is 0.466. The third-order valence-corrected chi connectivity index (χ3v) is 5.20. The molecular weight excluding hydrogens is 216 g/mol. The number of rotatable bonds is 4. The van der Waals surface area contributed by atoms with Gasteiger partial charge in [-0.25, -0.2) is 0 Å². The van der Waals surface area contributed by atoms with Gasteiger partial charge in [0, 0.05) is 18.3 Å². The number of thioether (sulfide) groups is 1. The second-order valence-electron chi connectivity index (χ2n) is 5.59. The van der Waals surface area contributed by atoms with E-state index < -0.39 is 0 Å². The summed E-state index contributed by atoms with van der Waals surface area (Å²) in [6, 6.07) is 0.585. The van der Waals surface area contributed by atoms with Gasteiger partial charge in [0.2, 0.25) is 0 Å². The maximum atomic E-state index is 4.79. The molecule has 1 N–H and O–H groups in total. The van der Waals surface area contributed by atoms with Gasteiger partial charge in [-0.3, -0.25) is 4.99 Å². The molecule has 1 saturated heterocycles. The largest absolute Gasteiger partial charge is 0.362 e. The summed E-state index contributed by atoms with van der Waals surface area (Å²) in [7, 11) is 0. The fourth-order valence-corrected chi connectivity index (χ4v) is 3.39. The Balaban J connectivity index is 1.84. The molecule has 2 nitrogen and oxygen atoms in total. The van der Waals surface area contributed by atoms with Crippen LogP contribution in [0.2, 0.25) is 0 Å². The molecule has 2 aliphatic rings. The van der Waals surface area contributed by atoms with E-state index in [0.29, 0.717) is 11.5 Å². The number of nitrogens with zero attached hydrogens (tertiary/aromatic N) is 1. The molecule has 0 amide bonds. The monoisotopic (exact) mass is 240 g/mol. The van der Waals surface area contributed by atoms with Crippen molar-refractivity contribution in [3.8, 4) is 0 Å². The molecular formula is C13H24N2S. The summed E-state index contributed by atoms with van der Waals surface area (Å²) in [5.74, 6) is 1.97. The Morgan fingerprint density at radius 1 is 1.44 bits per heavy atom. The molecule has 2 fully saturated rings. The minimum Gasteiger partial charge on any atom is -0.362 e. The Kier molecular flexibility index (Phi) is 3.83. The van der Waals surface area contributed by atoms with E-state index in [1.54, 1.807) is 0 Å². The third-order valence-electron chi connectivity index (χ3n) is 3.98. The predicted molar refractivity (Wildman–Crippen MR) is 73.1 cm³/mol. The predicted octanol–water partition coefficient (Wildman–Crippen LogP) is 3.28. The van der Waals surface area contributed by atoms with Gasteiger partial charge >= 0.3 is 0 Å². The van der Waals surface area contributed by atoms with Crippen LogP contribution >= 0.6 is 11.8 Å². The molecule has 0 aromatic rings. The smallest absolute Gasteiger partial charge is 0.156 e. The van der Waals surface area contributed by atoms with E-state index in [1.807, 2.05) is 11.8 Å². The highest BCUT2D eigenvalue weighted by Gasteiger charge is 2.41. The number of nitrogens with one attached hydrogen (secondary N) is 1. The quantitative estimate of drug-likeness (QED) is 0.815. The Labute approximate surface area is 104 Å². The van der Waals surface area contributed by atoms with Gasteiger partial charge in [0.15, 0.2) is 5.17 Å². The zero-order valence-corrected chi connectivity index (χ0v) is 11.6. The van der Waals surface area contributed by atoms with E-state index in [9.17, 15) is 0 Å². The van der Waals surface area contributed by atoms with Crippen molar-refractivity contribution >= 4 is 16.9 Å². The first kappa shape index (κ1) is 12.3. The highest BCUT2D eigenvalue weighted by molar-refractivity contribution is 8.13. The first-order valence-electron chi connectivity index (χ1n) is 6.59. The first-order chi connectivity index (χ1) is 7.65. The minimum atomic E-state index is 0.585. The molecule has 2 unspecified atom stereocenters. The van der Waals surface area contributed by atoms with Crippen LogP contribution in [-0.4, -0.2) is 23.5 Å². The molecule has 92 valence electrons. The second-order valence-corrected chi connectivity index (χ2v) is 6.60. The Bertz CT molecular complexity index is 271. The van der Waals surface area contributed by atoms with Gasteiger partial charge in [-0.15, -0.1) is 0 Å². The zero-order chi connectivity index (χ0) is 11.6. The van der Waals surface area contributed by atoms with Crippen molar-refractivity contribution in [1.82, 2.24) is 5.32 Å². The Hall–Kier alpha value is -0.180. The molecule has 3 heteroatoms. The molecule has 2 rings (SSSR count). The SMILES string of the molecule is CCCC1(CN=C2NC(C)C(C)CS2)CC1. The van der Waals surface area contributed by atoms with E-state index in [-0.39, 0.29) is 0 Å². The lowest BCUT2D eigenvalue weighted by Crippen LogP contribution is -2.41. The normalized spacial score (nSPS) is 34.8. The van der Waals surface area contributed by atoms with Crippen LogP contribution < -0.4 is 5.32 Å². The summed E-state index contributed by atoms with van der Waals surface area (Å²) in [5.41, 5.74) is 0.594.